The summed E-state index contributed by atoms with van der Waals surface area (Å²) in [6, 6.07) is 7.41. The minimum atomic E-state index is -5.18. The van der Waals surface area contributed by atoms with Gasteiger partial charge in [-0.05, 0) is 0 Å². The fraction of sp³-hybridized carbons (Fsp3) is 0.143. The zero-order chi connectivity index (χ0) is 12.4. The molecule has 1 rings (SSSR count). The SMILES string of the molecule is O=P([O-])([O-])[CH]([Sn+3])P(=O)([O-])Oc1ccccc1. The molecule has 6 nitrogen and oxygen atoms in total. The van der Waals surface area contributed by atoms with Gasteiger partial charge in [0.2, 0.25) is 0 Å². The number of hydrogen-bond acceptors (Lipinski definition) is 6. The Balaban J connectivity index is 2.89. The molecule has 0 saturated carbocycles. The molecule has 84 valence electrons. The van der Waals surface area contributed by atoms with E-state index in [0.717, 1.165) is 0 Å². The zero-order valence-corrected chi connectivity index (χ0v) is 12.5. The van der Waals surface area contributed by atoms with E-state index in [1.54, 1.807) is 6.07 Å². The number of hydrogen-bond donors (Lipinski definition) is 0. The molecule has 16 heavy (non-hydrogen) atoms. The molecule has 9 heteroatoms. The Bertz CT molecular complexity index is 443. The van der Waals surface area contributed by atoms with Crippen molar-refractivity contribution in [1.29, 1.82) is 0 Å². The summed E-state index contributed by atoms with van der Waals surface area (Å²) in [7, 11) is -9.90. The van der Waals surface area contributed by atoms with Crippen molar-refractivity contribution in [3.8, 4) is 5.75 Å². The van der Waals surface area contributed by atoms with E-state index >= 15 is 0 Å². The molecule has 0 aliphatic rings. The van der Waals surface area contributed by atoms with Gasteiger partial charge in [0.1, 0.15) is 0 Å². The number of rotatable bonds is 4. The summed E-state index contributed by atoms with van der Waals surface area (Å²) in [5.41, 5.74) is 0. The van der Waals surface area contributed by atoms with E-state index in [1.165, 1.54) is 24.3 Å². The first-order valence-electron chi connectivity index (χ1n) is 4.02. The quantitative estimate of drug-likeness (QED) is 0.498. The fourth-order valence-corrected chi connectivity index (χ4v) is 3.35. The van der Waals surface area contributed by atoms with Crippen LogP contribution in [0.3, 0.4) is 0 Å². The van der Waals surface area contributed by atoms with Crippen molar-refractivity contribution in [1.82, 2.24) is 0 Å². The third-order valence-corrected chi connectivity index (χ3v) is 10.4. The van der Waals surface area contributed by atoms with Crippen molar-refractivity contribution in [3.63, 3.8) is 0 Å². The van der Waals surface area contributed by atoms with Gasteiger partial charge in [-0.3, -0.25) is 0 Å². The summed E-state index contributed by atoms with van der Waals surface area (Å²) < 4.78 is 24.6. The van der Waals surface area contributed by atoms with E-state index in [2.05, 4.69) is 4.52 Å². The molecule has 0 aromatic heterocycles. The van der Waals surface area contributed by atoms with Crippen molar-refractivity contribution in [2.45, 2.75) is 3.42 Å². The molecule has 0 amide bonds. The number of para-hydroxylation sites is 1. The number of benzene rings is 1. The maximum absolute atomic E-state index is 11.4. The molecule has 2 unspecified atom stereocenters. The van der Waals surface area contributed by atoms with Gasteiger partial charge in [0.15, 0.2) is 0 Å². The zero-order valence-electron chi connectivity index (χ0n) is 7.81. The Labute approximate surface area is 105 Å². The molecular weight excluding hydrogens is 361 g/mol. The molecule has 0 aliphatic heterocycles. The molecule has 0 saturated heterocycles. The van der Waals surface area contributed by atoms with Crippen LogP contribution in [0.25, 0.3) is 0 Å². The van der Waals surface area contributed by atoms with Gasteiger partial charge in [0.25, 0.3) is 0 Å². The van der Waals surface area contributed by atoms with E-state index in [9.17, 15) is 23.8 Å². The molecule has 1 aromatic carbocycles. The Morgan fingerprint density at radius 1 is 1.12 bits per heavy atom. The fourth-order valence-electron chi connectivity index (χ4n) is 0.851. The third-order valence-electron chi connectivity index (χ3n) is 1.57. The maximum atomic E-state index is 11.4. The molecule has 0 bridgehead atoms. The molecule has 0 radical (unpaired) electrons. The van der Waals surface area contributed by atoms with E-state index in [4.69, 9.17) is 0 Å². The monoisotopic (exact) mass is 368 g/mol. The van der Waals surface area contributed by atoms with Gasteiger partial charge in [0.05, 0.1) is 0 Å². The third kappa shape index (κ3) is 3.87. The van der Waals surface area contributed by atoms with Gasteiger partial charge >= 0.3 is 106 Å². The molecule has 0 aliphatic carbocycles. The summed E-state index contributed by atoms with van der Waals surface area (Å²) in [5.74, 6) is -0.0123. The first-order valence-corrected chi connectivity index (χ1v) is 8.89. The summed E-state index contributed by atoms with van der Waals surface area (Å²) in [5, 5.41) is 0. The van der Waals surface area contributed by atoms with Crippen molar-refractivity contribution >= 4 is 37.7 Å². The van der Waals surface area contributed by atoms with E-state index in [1.807, 2.05) is 0 Å². The minimum absolute atomic E-state index is 0.0123. The summed E-state index contributed by atoms with van der Waals surface area (Å²) >= 11 is 0.0695. The van der Waals surface area contributed by atoms with Crippen molar-refractivity contribution in [3.05, 3.63) is 30.3 Å². The van der Waals surface area contributed by atoms with Crippen LogP contribution in [0.15, 0.2) is 30.3 Å². The van der Waals surface area contributed by atoms with Gasteiger partial charge in [-0.25, -0.2) is 0 Å². The second-order valence-corrected chi connectivity index (χ2v) is 11.1. The van der Waals surface area contributed by atoms with Gasteiger partial charge in [-0.2, -0.15) is 0 Å². The Morgan fingerprint density at radius 2 is 1.62 bits per heavy atom. The molecular formula is C7H6O6P2Sn. The molecule has 0 heterocycles. The van der Waals surface area contributed by atoms with E-state index < -0.39 is 18.6 Å². The van der Waals surface area contributed by atoms with Crippen LogP contribution in [0.5, 0.6) is 5.75 Å². The van der Waals surface area contributed by atoms with Crippen LogP contribution in [-0.2, 0) is 9.13 Å². The van der Waals surface area contributed by atoms with Crippen LogP contribution in [0.2, 0.25) is 0 Å². The van der Waals surface area contributed by atoms with Gasteiger partial charge in [0, 0.05) is 0 Å². The second kappa shape index (κ2) is 5.21. The van der Waals surface area contributed by atoms with Crippen molar-refractivity contribution in [2.24, 2.45) is 0 Å². The normalized spacial score (nSPS) is 17.6. The van der Waals surface area contributed by atoms with Gasteiger partial charge in [-0.1, -0.05) is 0 Å². The Morgan fingerprint density at radius 3 is 2.06 bits per heavy atom. The first kappa shape index (κ1) is 14.2. The summed E-state index contributed by atoms with van der Waals surface area (Å²) in [6.07, 6.45) is 0. The molecule has 2 atom stereocenters. The van der Waals surface area contributed by atoms with Crippen LogP contribution in [0, 0.1) is 0 Å². The van der Waals surface area contributed by atoms with Crippen LogP contribution >= 0.6 is 15.2 Å². The molecule has 0 spiro atoms. The van der Waals surface area contributed by atoms with E-state index in [-0.39, 0.29) is 28.3 Å². The van der Waals surface area contributed by atoms with Crippen LogP contribution in [0.1, 0.15) is 0 Å². The van der Waals surface area contributed by atoms with Crippen LogP contribution in [-0.4, -0.2) is 25.9 Å². The second-order valence-electron chi connectivity index (χ2n) is 2.86. The predicted molar refractivity (Wildman–Crippen MR) is 51.8 cm³/mol. The van der Waals surface area contributed by atoms with E-state index in [0.29, 0.717) is 0 Å². The molecule has 0 fully saturated rings. The molecule has 1 aromatic rings. The average Bonchev–Trinajstić information content (AvgIpc) is 2.16. The Hall–Kier alpha value is 0.159. The van der Waals surface area contributed by atoms with Gasteiger partial charge in [-0.15, -0.1) is 0 Å². The summed E-state index contributed by atoms with van der Waals surface area (Å²) in [4.78, 5) is 32.6. The topological polar surface area (TPSA) is 113 Å². The Kier molecular flexibility index (Phi) is 4.63. The average molecular weight is 367 g/mol. The van der Waals surface area contributed by atoms with Crippen molar-refractivity contribution < 1.29 is 28.3 Å². The van der Waals surface area contributed by atoms with Crippen molar-refractivity contribution in [2.75, 3.05) is 0 Å². The molecule has 0 N–H and O–H groups in total. The standard InChI is InChI=1S/C7H9O6P2.Sn/c8-14(9,10)6-15(11,12)13-7-4-2-1-3-5-7;/h1-6H,(H,11,12)(H2,8,9,10);/q;+3/p-3. The predicted octanol–water partition coefficient (Wildman–Crippen LogP) is -1.02. The van der Waals surface area contributed by atoms with Gasteiger partial charge < -0.3 is 0 Å². The first-order chi connectivity index (χ1) is 7.23. The summed E-state index contributed by atoms with van der Waals surface area (Å²) in [6.45, 7) is 0. The van der Waals surface area contributed by atoms with Crippen LogP contribution < -0.4 is 19.2 Å². The van der Waals surface area contributed by atoms with Crippen LogP contribution in [0.4, 0.5) is 0 Å².